The molecule has 0 radical (unpaired) electrons. The van der Waals surface area contributed by atoms with Gasteiger partial charge in [0.1, 0.15) is 5.82 Å². The van der Waals surface area contributed by atoms with Crippen LogP contribution >= 0.6 is 0 Å². The lowest BCUT2D eigenvalue weighted by Gasteiger charge is -2.39. The zero-order chi connectivity index (χ0) is 15.8. The van der Waals surface area contributed by atoms with E-state index in [2.05, 4.69) is 20.6 Å². The SMILES string of the molecule is CC(=O)N1CC(Nc2ccc3nnc(-c4ccccc4)n3n2)C1. The van der Waals surface area contributed by atoms with Crippen molar-refractivity contribution < 1.29 is 4.79 Å². The van der Waals surface area contributed by atoms with Crippen molar-refractivity contribution in [2.75, 3.05) is 18.4 Å². The van der Waals surface area contributed by atoms with Crippen molar-refractivity contribution in [2.24, 2.45) is 0 Å². The van der Waals surface area contributed by atoms with E-state index in [-0.39, 0.29) is 11.9 Å². The minimum atomic E-state index is 0.108. The number of carbonyl (C=O) groups excluding carboxylic acids is 1. The number of carbonyl (C=O) groups is 1. The van der Waals surface area contributed by atoms with Crippen LogP contribution in [-0.2, 0) is 4.79 Å². The normalized spacial score (nSPS) is 14.7. The van der Waals surface area contributed by atoms with Crippen molar-refractivity contribution in [3.8, 4) is 11.4 Å². The molecular formula is C16H16N6O. The summed E-state index contributed by atoms with van der Waals surface area (Å²) in [5.74, 6) is 1.57. The van der Waals surface area contributed by atoms with Crippen molar-refractivity contribution in [3.05, 3.63) is 42.5 Å². The average molecular weight is 308 g/mol. The van der Waals surface area contributed by atoms with Gasteiger partial charge in [0.25, 0.3) is 0 Å². The molecule has 0 atom stereocenters. The van der Waals surface area contributed by atoms with Crippen molar-refractivity contribution in [3.63, 3.8) is 0 Å². The summed E-state index contributed by atoms with van der Waals surface area (Å²) in [7, 11) is 0. The summed E-state index contributed by atoms with van der Waals surface area (Å²) in [5.41, 5.74) is 1.67. The Morgan fingerprint density at radius 3 is 2.65 bits per heavy atom. The Morgan fingerprint density at radius 2 is 1.91 bits per heavy atom. The second kappa shape index (κ2) is 5.35. The van der Waals surface area contributed by atoms with Gasteiger partial charge in [-0.15, -0.1) is 15.3 Å². The second-order valence-corrected chi connectivity index (χ2v) is 5.64. The van der Waals surface area contributed by atoms with E-state index in [0.29, 0.717) is 24.6 Å². The standard InChI is InChI=1S/C16H16N6O/c1-11(23)21-9-13(10-21)17-14-7-8-15-18-19-16(22(15)20-14)12-5-3-2-4-6-12/h2-8,13H,9-10H2,1H3,(H,17,20). The summed E-state index contributed by atoms with van der Waals surface area (Å²) >= 11 is 0. The van der Waals surface area contributed by atoms with E-state index in [1.54, 1.807) is 16.3 Å². The van der Waals surface area contributed by atoms with Gasteiger partial charge in [-0.2, -0.15) is 4.52 Å². The fraction of sp³-hybridized carbons (Fsp3) is 0.250. The zero-order valence-electron chi connectivity index (χ0n) is 12.7. The number of amides is 1. The Bertz CT molecular complexity index is 853. The van der Waals surface area contributed by atoms with Crippen LogP contribution in [-0.4, -0.2) is 49.7 Å². The van der Waals surface area contributed by atoms with Gasteiger partial charge >= 0.3 is 0 Å². The first-order valence-electron chi connectivity index (χ1n) is 7.50. The second-order valence-electron chi connectivity index (χ2n) is 5.64. The summed E-state index contributed by atoms with van der Waals surface area (Å²) in [5, 5.41) is 16.3. The van der Waals surface area contributed by atoms with E-state index in [0.717, 1.165) is 11.4 Å². The Hall–Kier alpha value is -2.96. The van der Waals surface area contributed by atoms with Gasteiger partial charge in [0.05, 0.1) is 6.04 Å². The fourth-order valence-corrected chi connectivity index (χ4v) is 2.67. The van der Waals surface area contributed by atoms with Crippen LogP contribution in [0.5, 0.6) is 0 Å². The molecule has 1 aliphatic rings. The lowest BCUT2D eigenvalue weighted by molar-refractivity contribution is -0.132. The molecule has 23 heavy (non-hydrogen) atoms. The molecule has 0 aliphatic carbocycles. The minimum Gasteiger partial charge on any atom is -0.362 e. The van der Waals surface area contributed by atoms with Crippen LogP contribution in [0, 0.1) is 0 Å². The largest absolute Gasteiger partial charge is 0.362 e. The third kappa shape index (κ3) is 2.50. The predicted octanol–water partition coefficient (Wildman–Crippen LogP) is 1.43. The van der Waals surface area contributed by atoms with Crippen LogP contribution in [0.1, 0.15) is 6.92 Å². The quantitative estimate of drug-likeness (QED) is 0.792. The number of likely N-dealkylation sites (tertiary alicyclic amines) is 1. The van der Waals surface area contributed by atoms with Gasteiger partial charge in [0.2, 0.25) is 5.91 Å². The number of hydrogen-bond donors (Lipinski definition) is 1. The Labute approximate surface area is 132 Å². The van der Waals surface area contributed by atoms with Crippen molar-refractivity contribution >= 4 is 17.4 Å². The number of benzene rings is 1. The van der Waals surface area contributed by atoms with Crippen LogP contribution in [0.3, 0.4) is 0 Å². The van der Waals surface area contributed by atoms with E-state index >= 15 is 0 Å². The van der Waals surface area contributed by atoms with Gasteiger partial charge in [-0.3, -0.25) is 4.79 Å². The molecule has 7 nitrogen and oxygen atoms in total. The molecule has 3 heterocycles. The molecular weight excluding hydrogens is 292 g/mol. The monoisotopic (exact) mass is 308 g/mol. The molecule has 116 valence electrons. The number of rotatable bonds is 3. The van der Waals surface area contributed by atoms with Crippen LogP contribution in [0.2, 0.25) is 0 Å². The summed E-state index contributed by atoms with van der Waals surface area (Å²) in [4.78, 5) is 13.0. The highest BCUT2D eigenvalue weighted by Crippen LogP contribution is 2.19. The maximum atomic E-state index is 11.2. The maximum Gasteiger partial charge on any atom is 0.219 e. The Balaban J connectivity index is 1.59. The first-order valence-corrected chi connectivity index (χ1v) is 7.50. The van der Waals surface area contributed by atoms with Crippen LogP contribution < -0.4 is 5.32 Å². The molecule has 2 aromatic heterocycles. The van der Waals surface area contributed by atoms with E-state index in [9.17, 15) is 4.79 Å². The molecule has 1 aliphatic heterocycles. The highest BCUT2D eigenvalue weighted by molar-refractivity contribution is 5.74. The molecule has 1 saturated heterocycles. The number of nitrogens with one attached hydrogen (secondary N) is 1. The van der Waals surface area contributed by atoms with E-state index in [1.165, 1.54) is 0 Å². The first-order chi connectivity index (χ1) is 11.2. The highest BCUT2D eigenvalue weighted by atomic mass is 16.2. The lowest BCUT2D eigenvalue weighted by Crippen LogP contribution is -2.56. The van der Waals surface area contributed by atoms with Crippen molar-refractivity contribution in [2.45, 2.75) is 13.0 Å². The molecule has 0 unspecified atom stereocenters. The van der Waals surface area contributed by atoms with Crippen LogP contribution in [0.4, 0.5) is 5.82 Å². The molecule has 7 heteroatoms. The fourth-order valence-electron chi connectivity index (χ4n) is 2.67. The number of hydrogen-bond acceptors (Lipinski definition) is 5. The van der Waals surface area contributed by atoms with Crippen molar-refractivity contribution in [1.29, 1.82) is 0 Å². The third-order valence-electron chi connectivity index (χ3n) is 3.97. The van der Waals surface area contributed by atoms with Gasteiger partial charge in [0.15, 0.2) is 11.5 Å². The Morgan fingerprint density at radius 1 is 1.13 bits per heavy atom. The average Bonchev–Trinajstić information content (AvgIpc) is 2.94. The Kier molecular flexibility index (Phi) is 3.18. The summed E-state index contributed by atoms with van der Waals surface area (Å²) in [6.45, 7) is 3.01. The van der Waals surface area contributed by atoms with E-state index in [4.69, 9.17) is 0 Å². The molecule has 0 bridgehead atoms. The number of aromatic nitrogens is 4. The molecule has 1 fully saturated rings. The summed E-state index contributed by atoms with van der Waals surface area (Å²) in [6.07, 6.45) is 0. The molecule has 1 N–H and O–H groups in total. The smallest absolute Gasteiger partial charge is 0.219 e. The number of fused-ring (bicyclic) bond motifs is 1. The molecule has 1 amide bonds. The lowest BCUT2D eigenvalue weighted by atomic mass is 10.1. The van der Waals surface area contributed by atoms with Gasteiger partial charge in [0, 0.05) is 25.6 Å². The maximum absolute atomic E-state index is 11.2. The summed E-state index contributed by atoms with van der Waals surface area (Å²) in [6, 6.07) is 13.9. The minimum absolute atomic E-state index is 0.108. The topological polar surface area (TPSA) is 75.4 Å². The van der Waals surface area contributed by atoms with Gasteiger partial charge in [-0.1, -0.05) is 30.3 Å². The van der Waals surface area contributed by atoms with Crippen molar-refractivity contribution in [1.82, 2.24) is 24.7 Å². The van der Waals surface area contributed by atoms with Gasteiger partial charge in [-0.05, 0) is 12.1 Å². The van der Waals surface area contributed by atoms with E-state index < -0.39 is 0 Å². The van der Waals surface area contributed by atoms with Gasteiger partial charge < -0.3 is 10.2 Å². The van der Waals surface area contributed by atoms with Crippen LogP contribution in [0.15, 0.2) is 42.5 Å². The predicted molar refractivity (Wildman–Crippen MR) is 85.9 cm³/mol. The first kappa shape index (κ1) is 13.7. The zero-order valence-corrected chi connectivity index (χ0v) is 12.7. The third-order valence-corrected chi connectivity index (χ3v) is 3.97. The molecule has 1 aromatic carbocycles. The van der Waals surface area contributed by atoms with Crippen LogP contribution in [0.25, 0.3) is 17.0 Å². The van der Waals surface area contributed by atoms with E-state index in [1.807, 2.05) is 42.5 Å². The highest BCUT2D eigenvalue weighted by Gasteiger charge is 2.28. The molecule has 4 rings (SSSR count). The molecule has 0 saturated carbocycles. The van der Waals surface area contributed by atoms with Gasteiger partial charge in [-0.25, -0.2) is 0 Å². The molecule has 3 aromatic rings. The summed E-state index contributed by atoms with van der Waals surface area (Å²) < 4.78 is 1.74. The molecule has 0 spiro atoms. The number of anilines is 1. The number of nitrogens with zero attached hydrogens (tertiary/aromatic N) is 5.